The van der Waals surface area contributed by atoms with Gasteiger partial charge >= 0.3 is 0 Å². The fraction of sp³-hybridized carbons (Fsp3) is 0.556. The van der Waals surface area contributed by atoms with Crippen LogP contribution in [0.4, 0.5) is 11.8 Å². The minimum atomic E-state index is 0.402. The van der Waals surface area contributed by atoms with Crippen LogP contribution in [-0.4, -0.2) is 30.2 Å². The highest BCUT2D eigenvalue weighted by molar-refractivity contribution is 5.38. The topological polar surface area (TPSA) is 85.1 Å². The molecule has 1 unspecified atom stereocenters. The highest BCUT2D eigenvalue weighted by Gasteiger charge is 2.02. The molecule has 4 N–H and O–H groups in total. The summed E-state index contributed by atoms with van der Waals surface area (Å²) in [6.07, 6.45) is 1.64. The number of aromatic nitrogens is 2. The molecule has 0 aromatic carbocycles. The number of ether oxygens (including phenoxy) is 1. The van der Waals surface area contributed by atoms with Crippen LogP contribution in [0, 0.1) is 5.92 Å². The number of hydrazine groups is 1. The number of methoxy groups -OCH3 is 1. The number of nitrogen functional groups attached to an aromatic ring is 1. The molecule has 0 bridgehead atoms. The van der Waals surface area contributed by atoms with Gasteiger partial charge < -0.3 is 10.1 Å². The molecule has 0 aliphatic rings. The average Bonchev–Trinajstić information content (AvgIpc) is 2.27. The molecule has 1 aromatic heterocycles. The SMILES string of the molecule is COCC(C)CNc1ccnc(NN)n1. The number of nitrogens with two attached hydrogens (primary N) is 1. The van der Waals surface area contributed by atoms with Gasteiger partial charge in [-0.3, -0.25) is 5.43 Å². The molecular formula is C9H17N5O. The molecular weight excluding hydrogens is 194 g/mol. The second-order valence-electron chi connectivity index (χ2n) is 3.35. The average molecular weight is 211 g/mol. The lowest BCUT2D eigenvalue weighted by Gasteiger charge is -2.11. The Labute approximate surface area is 89.2 Å². The molecule has 0 saturated carbocycles. The molecule has 1 aromatic rings. The first-order chi connectivity index (χ1) is 7.26. The zero-order valence-corrected chi connectivity index (χ0v) is 9.03. The van der Waals surface area contributed by atoms with Crippen molar-refractivity contribution in [1.82, 2.24) is 9.97 Å². The number of hydrogen-bond acceptors (Lipinski definition) is 6. The molecule has 1 heterocycles. The third-order valence-corrected chi connectivity index (χ3v) is 1.87. The molecule has 0 amide bonds. The number of nitrogens with one attached hydrogen (secondary N) is 2. The summed E-state index contributed by atoms with van der Waals surface area (Å²) in [4.78, 5) is 8.03. The van der Waals surface area contributed by atoms with Crippen LogP contribution in [0.2, 0.25) is 0 Å². The third-order valence-electron chi connectivity index (χ3n) is 1.87. The van der Waals surface area contributed by atoms with E-state index >= 15 is 0 Å². The minimum Gasteiger partial charge on any atom is -0.384 e. The molecule has 0 radical (unpaired) electrons. The Kier molecular flexibility index (Phi) is 4.79. The fourth-order valence-corrected chi connectivity index (χ4v) is 1.15. The van der Waals surface area contributed by atoms with Crippen LogP contribution in [0.1, 0.15) is 6.92 Å². The van der Waals surface area contributed by atoms with Gasteiger partial charge in [0.2, 0.25) is 5.95 Å². The number of rotatable bonds is 6. The van der Waals surface area contributed by atoms with E-state index in [9.17, 15) is 0 Å². The van der Waals surface area contributed by atoms with Gasteiger partial charge in [-0.15, -0.1) is 0 Å². The Morgan fingerprint density at radius 2 is 2.40 bits per heavy atom. The minimum absolute atomic E-state index is 0.402. The second-order valence-corrected chi connectivity index (χ2v) is 3.35. The summed E-state index contributed by atoms with van der Waals surface area (Å²) in [6.45, 7) is 3.62. The second kappa shape index (κ2) is 6.15. The van der Waals surface area contributed by atoms with Gasteiger partial charge in [0.05, 0.1) is 6.61 Å². The van der Waals surface area contributed by atoms with E-state index in [1.165, 1.54) is 0 Å². The number of anilines is 2. The van der Waals surface area contributed by atoms with Gasteiger partial charge in [-0.2, -0.15) is 4.98 Å². The predicted octanol–water partition coefficient (Wildman–Crippen LogP) is 0.457. The first kappa shape index (κ1) is 11.7. The molecule has 1 atom stereocenters. The zero-order chi connectivity index (χ0) is 11.1. The standard InChI is InChI=1S/C9H17N5O/c1-7(6-15-2)5-12-8-3-4-11-9(13-8)14-10/h3-4,7H,5-6,10H2,1-2H3,(H2,11,12,13,14). The normalized spacial score (nSPS) is 12.2. The maximum absolute atomic E-state index is 5.20. The van der Waals surface area contributed by atoms with Gasteiger partial charge in [0.25, 0.3) is 0 Å². The Balaban J connectivity index is 2.43. The molecule has 15 heavy (non-hydrogen) atoms. The largest absolute Gasteiger partial charge is 0.384 e. The summed E-state index contributed by atoms with van der Waals surface area (Å²) >= 11 is 0. The summed E-state index contributed by atoms with van der Waals surface area (Å²) in [6, 6.07) is 1.79. The maximum Gasteiger partial charge on any atom is 0.239 e. The molecule has 0 fully saturated rings. The first-order valence-corrected chi connectivity index (χ1v) is 4.78. The number of nitrogens with zero attached hydrogens (tertiary/aromatic N) is 2. The summed E-state index contributed by atoms with van der Waals surface area (Å²) in [5, 5.41) is 3.18. The Bertz CT molecular complexity index is 294. The smallest absolute Gasteiger partial charge is 0.239 e. The van der Waals surface area contributed by atoms with Crippen molar-refractivity contribution in [1.29, 1.82) is 0 Å². The van der Waals surface area contributed by atoms with E-state index in [0.717, 1.165) is 19.0 Å². The van der Waals surface area contributed by atoms with Gasteiger partial charge in [-0.1, -0.05) is 6.92 Å². The van der Waals surface area contributed by atoms with Crippen molar-refractivity contribution in [2.24, 2.45) is 11.8 Å². The lowest BCUT2D eigenvalue weighted by molar-refractivity contribution is 0.164. The fourth-order valence-electron chi connectivity index (χ4n) is 1.15. The molecule has 6 heteroatoms. The van der Waals surface area contributed by atoms with E-state index in [1.807, 2.05) is 0 Å². The molecule has 0 aliphatic heterocycles. The van der Waals surface area contributed by atoms with Crippen molar-refractivity contribution in [2.75, 3.05) is 31.0 Å². The van der Waals surface area contributed by atoms with Gasteiger partial charge in [0.1, 0.15) is 5.82 Å². The predicted molar refractivity (Wildman–Crippen MR) is 59.4 cm³/mol. The van der Waals surface area contributed by atoms with E-state index in [-0.39, 0.29) is 0 Å². The van der Waals surface area contributed by atoms with Gasteiger partial charge in [-0.05, 0) is 12.0 Å². The first-order valence-electron chi connectivity index (χ1n) is 4.78. The quantitative estimate of drug-likeness (QED) is 0.468. The van der Waals surface area contributed by atoms with E-state index < -0.39 is 0 Å². The van der Waals surface area contributed by atoms with Crippen molar-refractivity contribution in [3.63, 3.8) is 0 Å². The van der Waals surface area contributed by atoms with Crippen LogP contribution in [0.15, 0.2) is 12.3 Å². The molecule has 1 rings (SSSR count). The van der Waals surface area contributed by atoms with E-state index in [4.69, 9.17) is 10.6 Å². The van der Waals surface area contributed by atoms with Crippen LogP contribution in [0.5, 0.6) is 0 Å². The summed E-state index contributed by atoms with van der Waals surface area (Å²) in [5.74, 6) is 6.78. The Morgan fingerprint density at radius 1 is 1.60 bits per heavy atom. The van der Waals surface area contributed by atoms with Gasteiger partial charge in [-0.25, -0.2) is 10.8 Å². The van der Waals surface area contributed by atoms with E-state index in [2.05, 4.69) is 27.6 Å². The maximum atomic E-state index is 5.20. The molecule has 0 saturated heterocycles. The zero-order valence-electron chi connectivity index (χ0n) is 9.03. The van der Waals surface area contributed by atoms with Crippen LogP contribution in [0.25, 0.3) is 0 Å². The van der Waals surface area contributed by atoms with Crippen molar-refractivity contribution in [3.05, 3.63) is 12.3 Å². The van der Waals surface area contributed by atoms with Crippen molar-refractivity contribution in [2.45, 2.75) is 6.92 Å². The molecule has 84 valence electrons. The highest BCUT2D eigenvalue weighted by atomic mass is 16.5. The summed E-state index contributed by atoms with van der Waals surface area (Å²) < 4.78 is 5.03. The monoisotopic (exact) mass is 211 g/mol. The lowest BCUT2D eigenvalue weighted by atomic mass is 10.2. The Hall–Kier alpha value is -1.40. The van der Waals surface area contributed by atoms with Crippen molar-refractivity contribution >= 4 is 11.8 Å². The number of hydrogen-bond donors (Lipinski definition) is 3. The molecule has 0 aliphatic carbocycles. The molecule has 6 nitrogen and oxygen atoms in total. The summed E-state index contributed by atoms with van der Waals surface area (Å²) in [5.41, 5.74) is 2.39. The Morgan fingerprint density at radius 3 is 3.07 bits per heavy atom. The molecule has 0 spiro atoms. The highest BCUT2D eigenvalue weighted by Crippen LogP contribution is 2.05. The third kappa shape index (κ3) is 4.09. The van der Waals surface area contributed by atoms with E-state index in [1.54, 1.807) is 19.4 Å². The summed E-state index contributed by atoms with van der Waals surface area (Å²) in [7, 11) is 1.69. The van der Waals surface area contributed by atoms with Crippen molar-refractivity contribution < 1.29 is 4.74 Å². The van der Waals surface area contributed by atoms with Crippen LogP contribution in [-0.2, 0) is 4.74 Å². The lowest BCUT2D eigenvalue weighted by Crippen LogP contribution is -2.17. The van der Waals surface area contributed by atoms with Crippen molar-refractivity contribution in [3.8, 4) is 0 Å². The van der Waals surface area contributed by atoms with Crippen LogP contribution in [0.3, 0.4) is 0 Å². The van der Waals surface area contributed by atoms with Crippen LogP contribution < -0.4 is 16.6 Å². The van der Waals surface area contributed by atoms with Crippen LogP contribution >= 0.6 is 0 Å². The van der Waals surface area contributed by atoms with Gasteiger partial charge in [0, 0.05) is 19.9 Å². The van der Waals surface area contributed by atoms with E-state index in [0.29, 0.717) is 11.9 Å². The van der Waals surface area contributed by atoms with Gasteiger partial charge in [0.15, 0.2) is 0 Å².